The van der Waals surface area contributed by atoms with Crippen LogP contribution in [0.3, 0.4) is 0 Å². The number of rotatable bonds is 9. The molecule has 2 N–H and O–H groups in total. The molecule has 0 bridgehead atoms. The maximum atomic E-state index is 5.91. The fraction of sp³-hybridized carbons (Fsp3) is 0.583. The number of thioether (sulfide) groups is 1. The van der Waals surface area contributed by atoms with Crippen molar-refractivity contribution in [2.45, 2.75) is 81.2 Å². The summed E-state index contributed by atoms with van der Waals surface area (Å²) in [7, 11) is 1.76. The van der Waals surface area contributed by atoms with Crippen LogP contribution in [0.15, 0.2) is 58.1 Å². The van der Waals surface area contributed by atoms with Gasteiger partial charge in [-0.1, -0.05) is 57.2 Å². The smallest absolute Gasteiger partial charge is 0.0921 e. The summed E-state index contributed by atoms with van der Waals surface area (Å²) in [5, 5.41) is 0. The van der Waals surface area contributed by atoms with Crippen molar-refractivity contribution in [1.82, 2.24) is 0 Å². The average Bonchev–Trinajstić information content (AvgIpc) is 2.62. The summed E-state index contributed by atoms with van der Waals surface area (Å²) >= 11 is 1.85. The predicted octanol–water partition coefficient (Wildman–Crippen LogP) is 8.01. The lowest BCUT2D eigenvalue weighted by Crippen LogP contribution is -2.11. The molecule has 0 aliphatic rings. The fourth-order valence-corrected chi connectivity index (χ4v) is 3.32. The van der Waals surface area contributed by atoms with Gasteiger partial charge in [0, 0.05) is 17.4 Å². The summed E-state index contributed by atoms with van der Waals surface area (Å²) in [4.78, 5) is 2.69. The maximum Gasteiger partial charge on any atom is 0.0921 e. The van der Waals surface area contributed by atoms with E-state index in [1.807, 2.05) is 32.5 Å². The number of hydrogen-bond donors (Lipinski definition) is 1. The highest BCUT2D eigenvalue weighted by Crippen LogP contribution is 2.36. The Balaban J connectivity index is -0.00000134. The third-order valence-electron chi connectivity index (χ3n) is 3.28. The van der Waals surface area contributed by atoms with E-state index in [9.17, 15) is 0 Å². The molecule has 0 rings (SSSR count). The van der Waals surface area contributed by atoms with Crippen LogP contribution in [0.1, 0.15) is 75.2 Å². The van der Waals surface area contributed by atoms with Gasteiger partial charge in [0.1, 0.15) is 0 Å². The predicted molar refractivity (Wildman–Crippen MR) is 129 cm³/mol. The van der Waals surface area contributed by atoms with Crippen LogP contribution >= 0.6 is 11.8 Å². The Labute approximate surface area is 174 Å². The molecule has 0 fully saturated rings. The molecule has 2 nitrogen and oxygen atoms in total. The molecule has 0 radical (unpaired) electrons. The number of methoxy groups -OCH3 is 1. The van der Waals surface area contributed by atoms with Crippen LogP contribution < -0.4 is 5.73 Å². The summed E-state index contributed by atoms with van der Waals surface area (Å²) < 4.78 is 5.49. The van der Waals surface area contributed by atoms with E-state index in [4.69, 9.17) is 10.5 Å². The monoisotopic (exact) mass is 395 g/mol. The minimum absolute atomic E-state index is 0.0769. The van der Waals surface area contributed by atoms with Crippen LogP contribution in [0.4, 0.5) is 0 Å². The van der Waals surface area contributed by atoms with Crippen LogP contribution in [0, 0.1) is 5.92 Å². The number of ether oxygens (including phenoxy) is 1. The van der Waals surface area contributed by atoms with Gasteiger partial charge in [0.05, 0.1) is 12.9 Å². The molecule has 0 saturated heterocycles. The highest BCUT2D eigenvalue weighted by atomic mass is 32.2. The maximum absolute atomic E-state index is 5.91. The molecule has 0 heterocycles. The lowest BCUT2D eigenvalue weighted by Gasteiger charge is -2.15. The standard InChI is InChI=1S/C20H35NOS.C2H6.C2H4/c1-9-19(11-10-18(22-8)12-14(2)3)23-20(15(4)5)16(6)13-17(7)21;2*1-2/h9,12-14,17H,10-11,21H2,1-8H3;1-2H3;1-2H2/b16-13-,18-12-,19-9+;;. The quantitative estimate of drug-likeness (QED) is 0.244. The van der Waals surface area contributed by atoms with E-state index >= 15 is 0 Å². The van der Waals surface area contributed by atoms with Gasteiger partial charge in [-0.2, -0.15) is 0 Å². The van der Waals surface area contributed by atoms with Gasteiger partial charge in [-0.15, -0.1) is 13.2 Å². The summed E-state index contributed by atoms with van der Waals surface area (Å²) in [6, 6.07) is 0.0769. The van der Waals surface area contributed by atoms with Crippen molar-refractivity contribution in [3.05, 3.63) is 58.1 Å². The third kappa shape index (κ3) is 16.7. The molecule has 0 aliphatic heterocycles. The molecule has 0 spiro atoms. The van der Waals surface area contributed by atoms with Crippen LogP contribution in [0.2, 0.25) is 0 Å². The Morgan fingerprint density at radius 3 is 1.89 bits per heavy atom. The summed E-state index contributed by atoms with van der Waals surface area (Å²) in [6.07, 6.45) is 8.46. The molecule has 0 aromatic carbocycles. The van der Waals surface area contributed by atoms with E-state index in [0.717, 1.165) is 18.6 Å². The molecule has 1 atom stereocenters. The highest BCUT2D eigenvalue weighted by molar-refractivity contribution is 8.07. The molecule has 27 heavy (non-hydrogen) atoms. The largest absolute Gasteiger partial charge is 0.501 e. The van der Waals surface area contributed by atoms with E-state index in [-0.39, 0.29) is 6.04 Å². The summed E-state index contributed by atoms with van der Waals surface area (Å²) in [6.45, 7) is 24.9. The van der Waals surface area contributed by atoms with Crippen LogP contribution in [-0.2, 0) is 4.74 Å². The van der Waals surface area contributed by atoms with Crippen molar-refractivity contribution in [2.24, 2.45) is 11.7 Å². The highest BCUT2D eigenvalue weighted by Gasteiger charge is 2.09. The second kappa shape index (κ2) is 19.6. The minimum Gasteiger partial charge on any atom is -0.501 e. The first-order valence-corrected chi connectivity index (χ1v) is 10.7. The van der Waals surface area contributed by atoms with Crippen molar-refractivity contribution in [3.8, 4) is 0 Å². The Morgan fingerprint density at radius 1 is 1.04 bits per heavy atom. The second-order valence-electron chi connectivity index (χ2n) is 6.48. The molecule has 0 aromatic heterocycles. The Morgan fingerprint density at radius 2 is 1.56 bits per heavy atom. The van der Waals surface area contributed by atoms with Gasteiger partial charge in [-0.25, -0.2) is 0 Å². The molecule has 0 saturated carbocycles. The number of nitrogens with two attached hydrogens (primary N) is 1. The van der Waals surface area contributed by atoms with Crippen molar-refractivity contribution in [3.63, 3.8) is 0 Å². The third-order valence-corrected chi connectivity index (χ3v) is 4.92. The molecule has 158 valence electrons. The number of allylic oxidation sites excluding steroid dienone is 6. The molecule has 0 aliphatic carbocycles. The number of hydrogen-bond acceptors (Lipinski definition) is 3. The first kappa shape index (κ1) is 30.5. The van der Waals surface area contributed by atoms with Gasteiger partial charge in [0.15, 0.2) is 0 Å². The SMILES string of the molecule is C/C=C(\CC/C(=C/C(C)C)OC)SC(=C(C)C)/C(C)=C\C(C)N.C=C.CC. The van der Waals surface area contributed by atoms with E-state index in [1.54, 1.807) is 7.11 Å². The summed E-state index contributed by atoms with van der Waals surface area (Å²) in [5.74, 6) is 1.58. The Hall–Kier alpha value is -1.19. The Bertz CT molecular complexity index is 493. The molecule has 1 unspecified atom stereocenters. The lowest BCUT2D eigenvalue weighted by molar-refractivity contribution is 0.274. The van der Waals surface area contributed by atoms with Crippen LogP contribution in [0.25, 0.3) is 0 Å². The topological polar surface area (TPSA) is 35.2 Å². The van der Waals surface area contributed by atoms with E-state index in [0.29, 0.717) is 5.92 Å². The second-order valence-corrected chi connectivity index (χ2v) is 7.61. The van der Waals surface area contributed by atoms with Gasteiger partial charge in [-0.3, -0.25) is 0 Å². The molecule has 0 amide bonds. The average molecular weight is 396 g/mol. The fourth-order valence-electron chi connectivity index (χ4n) is 2.30. The zero-order valence-corrected chi connectivity index (χ0v) is 20.4. The normalized spacial score (nSPS) is 13.1. The van der Waals surface area contributed by atoms with Gasteiger partial charge >= 0.3 is 0 Å². The first-order valence-electron chi connectivity index (χ1n) is 9.90. The van der Waals surface area contributed by atoms with E-state index in [1.165, 1.54) is 21.0 Å². The van der Waals surface area contributed by atoms with Crippen molar-refractivity contribution < 1.29 is 4.74 Å². The lowest BCUT2D eigenvalue weighted by atomic mass is 10.1. The van der Waals surface area contributed by atoms with Gasteiger partial charge in [0.25, 0.3) is 0 Å². The zero-order valence-electron chi connectivity index (χ0n) is 19.6. The summed E-state index contributed by atoms with van der Waals surface area (Å²) in [5.41, 5.74) is 8.50. The van der Waals surface area contributed by atoms with Gasteiger partial charge in [-0.05, 0) is 63.5 Å². The van der Waals surface area contributed by atoms with Crippen LogP contribution in [-0.4, -0.2) is 13.2 Å². The molecular weight excluding hydrogens is 350 g/mol. The molecular formula is C24H45NOS. The van der Waals surface area contributed by atoms with Gasteiger partial charge < -0.3 is 10.5 Å². The Kier molecular flexibility index (Phi) is 22.1. The van der Waals surface area contributed by atoms with Crippen LogP contribution in [0.5, 0.6) is 0 Å². The van der Waals surface area contributed by atoms with E-state index < -0.39 is 0 Å². The van der Waals surface area contributed by atoms with Crippen molar-refractivity contribution in [1.29, 1.82) is 0 Å². The van der Waals surface area contributed by atoms with Gasteiger partial charge in [0.2, 0.25) is 0 Å². The minimum atomic E-state index is 0.0769. The molecule has 3 heteroatoms. The van der Waals surface area contributed by atoms with Crippen molar-refractivity contribution in [2.75, 3.05) is 7.11 Å². The zero-order chi connectivity index (χ0) is 22.0. The first-order chi connectivity index (χ1) is 12.7. The van der Waals surface area contributed by atoms with E-state index in [2.05, 4.69) is 72.9 Å². The van der Waals surface area contributed by atoms with Crippen molar-refractivity contribution >= 4 is 11.8 Å². The molecule has 0 aromatic rings.